The lowest BCUT2D eigenvalue weighted by atomic mass is 9.81. The van der Waals surface area contributed by atoms with Crippen molar-refractivity contribution in [2.75, 3.05) is 18.4 Å². The predicted octanol–water partition coefficient (Wildman–Crippen LogP) is 7.91. The molecule has 2 aliphatic heterocycles. The van der Waals surface area contributed by atoms with Gasteiger partial charge in [-0.1, -0.05) is 53.0 Å². The molecule has 2 atom stereocenters. The fraction of sp³-hybridized carbons (Fsp3) is 0.355. The average Bonchev–Trinajstić information content (AvgIpc) is 2.94. The molecule has 1 saturated heterocycles. The minimum absolute atomic E-state index is 0.103. The molecule has 0 radical (unpaired) electrons. The van der Waals surface area contributed by atoms with Crippen LogP contribution in [-0.4, -0.2) is 36.0 Å². The maximum absolute atomic E-state index is 14.1. The first-order chi connectivity index (χ1) is 19.6. The van der Waals surface area contributed by atoms with Gasteiger partial charge in [-0.2, -0.15) is 0 Å². The van der Waals surface area contributed by atoms with Crippen LogP contribution in [0, 0.1) is 5.82 Å². The normalized spacial score (nSPS) is 17.7. The van der Waals surface area contributed by atoms with E-state index in [0.717, 1.165) is 17.5 Å². The number of piperidine rings is 1. The number of anilines is 1. The van der Waals surface area contributed by atoms with Crippen LogP contribution in [0.5, 0.6) is 0 Å². The summed E-state index contributed by atoms with van der Waals surface area (Å²) < 4.78 is 19.9. The van der Waals surface area contributed by atoms with Gasteiger partial charge in [0.05, 0.1) is 21.7 Å². The number of benzene rings is 3. The van der Waals surface area contributed by atoms with Crippen molar-refractivity contribution in [3.63, 3.8) is 0 Å². The number of rotatable bonds is 8. The highest BCUT2D eigenvalue weighted by molar-refractivity contribution is 6.42. The van der Waals surface area contributed by atoms with E-state index >= 15 is 0 Å². The molecule has 6 nitrogen and oxygen atoms in total. The van der Waals surface area contributed by atoms with Crippen molar-refractivity contribution in [1.82, 2.24) is 10.2 Å². The highest BCUT2D eigenvalue weighted by Gasteiger charge is 2.45. The van der Waals surface area contributed by atoms with Crippen LogP contribution in [0.4, 0.5) is 14.9 Å². The molecule has 41 heavy (non-hydrogen) atoms. The summed E-state index contributed by atoms with van der Waals surface area (Å²) in [5.74, 6) is -0.892. The van der Waals surface area contributed by atoms with Crippen molar-refractivity contribution < 1.29 is 18.7 Å². The molecule has 0 aliphatic carbocycles. The molecule has 3 aromatic carbocycles. The van der Waals surface area contributed by atoms with E-state index in [2.05, 4.69) is 22.5 Å². The number of nitrogens with zero attached hydrogens (tertiary/aromatic N) is 1. The van der Waals surface area contributed by atoms with Crippen molar-refractivity contribution in [1.29, 1.82) is 0 Å². The first-order valence-corrected chi connectivity index (χ1v) is 14.8. The molecule has 1 fully saturated rings. The van der Waals surface area contributed by atoms with E-state index in [4.69, 9.17) is 39.5 Å². The van der Waals surface area contributed by atoms with Crippen LogP contribution in [0.25, 0.3) is 0 Å². The van der Waals surface area contributed by atoms with Crippen LogP contribution in [0.3, 0.4) is 0 Å². The summed E-state index contributed by atoms with van der Waals surface area (Å²) in [6.07, 6.45) is 1.93. The van der Waals surface area contributed by atoms with Crippen LogP contribution in [0.15, 0.2) is 60.7 Å². The molecular formula is C31H31Cl3FN3O3. The van der Waals surface area contributed by atoms with Gasteiger partial charge in [0.15, 0.2) is 0 Å². The summed E-state index contributed by atoms with van der Waals surface area (Å²) in [5.41, 5.74) is 2.14. The van der Waals surface area contributed by atoms with E-state index in [1.54, 1.807) is 24.3 Å². The van der Waals surface area contributed by atoms with Gasteiger partial charge in [0.1, 0.15) is 11.4 Å². The Kier molecular flexibility index (Phi) is 9.09. The van der Waals surface area contributed by atoms with E-state index in [9.17, 15) is 14.0 Å². The smallest absolute Gasteiger partial charge is 0.412 e. The Morgan fingerprint density at radius 2 is 1.83 bits per heavy atom. The largest absolute Gasteiger partial charge is 0.438 e. The molecule has 0 bridgehead atoms. The van der Waals surface area contributed by atoms with Gasteiger partial charge in [-0.05, 0) is 73.4 Å². The molecule has 10 heteroatoms. The fourth-order valence-corrected chi connectivity index (χ4v) is 6.32. The molecule has 2 N–H and O–H groups in total. The van der Waals surface area contributed by atoms with Gasteiger partial charge < -0.3 is 15.0 Å². The van der Waals surface area contributed by atoms with Crippen LogP contribution in [-0.2, 0) is 21.7 Å². The zero-order chi connectivity index (χ0) is 29.1. The van der Waals surface area contributed by atoms with Crippen molar-refractivity contribution in [2.24, 2.45) is 0 Å². The van der Waals surface area contributed by atoms with E-state index < -0.39 is 17.6 Å². The average molecular weight is 619 g/mol. The lowest BCUT2D eigenvalue weighted by Crippen LogP contribution is -2.50. The Morgan fingerprint density at radius 1 is 1.05 bits per heavy atom. The van der Waals surface area contributed by atoms with E-state index in [-0.39, 0.29) is 17.8 Å². The minimum Gasteiger partial charge on any atom is -0.438 e. The third-order valence-electron chi connectivity index (χ3n) is 8.12. The number of amides is 2. The van der Waals surface area contributed by atoms with Gasteiger partial charge in [0.25, 0.3) is 0 Å². The van der Waals surface area contributed by atoms with E-state index in [0.29, 0.717) is 65.2 Å². The third kappa shape index (κ3) is 6.81. The maximum atomic E-state index is 14.1. The van der Waals surface area contributed by atoms with E-state index in [1.165, 1.54) is 12.1 Å². The number of nitrogens with one attached hydrogen (secondary N) is 2. The Labute approximate surface area is 254 Å². The van der Waals surface area contributed by atoms with Crippen molar-refractivity contribution >= 4 is 52.5 Å². The van der Waals surface area contributed by atoms with Crippen LogP contribution < -0.4 is 10.6 Å². The second kappa shape index (κ2) is 12.6. The van der Waals surface area contributed by atoms with Gasteiger partial charge >= 0.3 is 6.09 Å². The lowest BCUT2D eigenvalue weighted by molar-refractivity contribution is -0.123. The molecule has 2 unspecified atom stereocenters. The number of carbonyl (C=O) groups excluding carboxylic acids is 2. The second-order valence-electron chi connectivity index (χ2n) is 10.7. The minimum atomic E-state index is -0.848. The van der Waals surface area contributed by atoms with E-state index in [1.807, 2.05) is 24.3 Å². The Balaban J connectivity index is 1.25. The quantitative estimate of drug-likeness (QED) is 0.269. The standard InChI is InChI=1S/C31H31Cl3FN3O3/c1-19(38-13-11-31(12-14-38)25-17-23(35)7-10-28(25)37-30(40)41-31)5-8-24(21-6-9-26(33)27(34)16-21)29(39)36-18-20-3-2-4-22(32)15-20/h2-4,6-7,9-10,15-17,19,24H,5,8,11-14,18H2,1H3,(H,36,39)(H,37,40). The van der Waals surface area contributed by atoms with Gasteiger partial charge in [0, 0.05) is 49.1 Å². The number of halogens is 4. The summed E-state index contributed by atoms with van der Waals surface area (Å²) in [4.78, 5) is 28.1. The number of hydrogen-bond donors (Lipinski definition) is 2. The number of likely N-dealkylation sites (tertiary alicyclic amines) is 1. The topological polar surface area (TPSA) is 70.7 Å². The predicted molar refractivity (Wildman–Crippen MR) is 160 cm³/mol. The first-order valence-electron chi connectivity index (χ1n) is 13.6. The van der Waals surface area contributed by atoms with Crippen molar-refractivity contribution in [3.8, 4) is 0 Å². The molecule has 2 aliphatic rings. The number of ether oxygens (including phenoxy) is 1. The highest BCUT2D eigenvalue weighted by atomic mass is 35.5. The van der Waals surface area contributed by atoms with Crippen molar-refractivity contribution in [2.45, 2.75) is 56.7 Å². The molecule has 0 aromatic heterocycles. The molecule has 5 rings (SSSR count). The monoisotopic (exact) mass is 617 g/mol. The second-order valence-corrected chi connectivity index (χ2v) is 12.0. The van der Waals surface area contributed by atoms with Gasteiger partial charge in [-0.15, -0.1) is 0 Å². The lowest BCUT2D eigenvalue weighted by Gasteiger charge is -2.45. The molecule has 0 saturated carbocycles. The first kappa shape index (κ1) is 29.6. The van der Waals surface area contributed by atoms with Gasteiger partial charge in [-0.3, -0.25) is 10.1 Å². The molecule has 3 aromatic rings. The Hall–Kier alpha value is -2.84. The summed E-state index contributed by atoms with van der Waals surface area (Å²) in [7, 11) is 0. The van der Waals surface area contributed by atoms with Gasteiger partial charge in [0.2, 0.25) is 5.91 Å². The third-order valence-corrected chi connectivity index (χ3v) is 9.09. The number of carbonyl (C=O) groups is 2. The summed E-state index contributed by atoms with van der Waals surface area (Å²) in [6.45, 7) is 3.83. The zero-order valence-electron chi connectivity index (χ0n) is 22.6. The van der Waals surface area contributed by atoms with Crippen molar-refractivity contribution in [3.05, 3.63) is 98.2 Å². The number of hydrogen-bond acceptors (Lipinski definition) is 4. The molecule has 216 valence electrons. The van der Waals surface area contributed by atoms with Gasteiger partial charge in [-0.25, -0.2) is 9.18 Å². The Bertz CT molecular complexity index is 1450. The highest BCUT2D eigenvalue weighted by Crippen LogP contribution is 2.44. The van der Waals surface area contributed by atoms with Crippen LogP contribution in [0.2, 0.25) is 15.1 Å². The fourth-order valence-electron chi connectivity index (χ4n) is 5.80. The zero-order valence-corrected chi connectivity index (χ0v) is 24.8. The summed E-state index contributed by atoms with van der Waals surface area (Å²) >= 11 is 18.6. The summed E-state index contributed by atoms with van der Waals surface area (Å²) in [5, 5.41) is 7.18. The molecule has 2 amide bonds. The van der Waals surface area contributed by atoms with Crippen LogP contribution >= 0.6 is 34.8 Å². The number of fused-ring (bicyclic) bond motifs is 2. The maximum Gasteiger partial charge on any atom is 0.412 e. The molecular weight excluding hydrogens is 588 g/mol. The Morgan fingerprint density at radius 3 is 2.56 bits per heavy atom. The summed E-state index contributed by atoms with van der Waals surface area (Å²) in [6, 6.07) is 17.2. The molecule has 2 heterocycles. The van der Waals surface area contributed by atoms with Crippen LogP contribution in [0.1, 0.15) is 55.2 Å². The SMILES string of the molecule is CC(CCC(C(=O)NCc1cccc(Cl)c1)c1ccc(Cl)c(Cl)c1)N1CCC2(CC1)OC(=O)Nc1ccc(F)cc12. The molecule has 1 spiro atoms.